The Morgan fingerprint density at radius 1 is 1.24 bits per heavy atom. The molecular weight excluding hydrogens is 373 g/mol. The summed E-state index contributed by atoms with van der Waals surface area (Å²) in [6, 6.07) is 8.63. The van der Waals surface area contributed by atoms with Crippen molar-refractivity contribution >= 4 is 51.5 Å². The number of nitrogens with zero attached hydrogens (tertiary/aromatic N) is 4. The third-order valence-electron chi connectivity index (χ3n) is 3.13. The van der Waals surface area contributed by atoms with E-state index in [9.17, 15) is 14.9 Å². The summed E-state index contributed by atoms with van der Waals surface area (Å²) >= 11 is 11.7. The Morgan fingerprint density at radius 2 is 2.04 bits per heavy atom. The first-order valence-electron chi connectivity index (χ1n) is 6.82. The van der Waals surface area contributed by atoms with E-state index in [1.165, 1.54) is 24.3 Å². The zero-order valence-corrected chi connectivity index (χ0v) is 13.9. The summed E-state index contributed by atoms with van der Waals surface area (Å²) in [5.74, 6) is -0.479. The first kappa shape index (κ1) is 16.9. The predicted octanol–water partition coefficient (Wildman–Crippen LogP) is 2.71. The zero-order valence-electron chi connectivity index (χ0n) is 12.3. The molecule has 0 aliphatic rings. The monoisotopic (exact) mass is 381 g/mol. The van der Waals surface area contributed by atoms with E-state index in [-0.39, 0.29) is 17.8 Å². The van der Waals surface area contributed by atoms with Crippen LogP contribution >= 0.6 is 23.2 Å². The van der Waals surface area contributed by atoms with Gasteiger partial charge in [-0.1, -0.05) is 28.0 Å². The van der Waals surface area contributed by atoms with E-state index in [1.54, 1.807) is 12.1 Å². The fourth-order valence-corrected chi connectivity index (χ4v) is 2.28. The number of aromatic nitrogens is 3. The van der Waals surface area contributed by atoms with Crippen molar-refractivity contribution in [2.75, 3.05) is 11.9 Å². The molecule has 3 rings (SSSR count). The molecule has 0 fully saturated rings. The first-order valence-corrected chi connectivity index (χ1v) is 7.57. The summed E-state index contributed by atoms with van der Waals surface area (Å²) in [6.07, 6.45) is 0. The van der Waals surface area contributed by atoms with E-state index in [0.29, 0.717) is 21.2 Å². The molecule has 0 atom stereocenters. The fourth-order valence-electron chi connectivity index (χ4n) is 1.99. The molecular formula is C14H9Cl2N5O4. The van der Waals surface area contributed by atoms with Gasteiger partial charge in [0.2, 0.25) is 0 Å². The standard InChI is InChI=1S/C14H9Cl2N5O4/c15-10-3-1-8(5-11(10)16)17-14(22)7-25-20-13-6-9(21(23)24)2-4-12(13)18-19-20/h1-6H,7H2,(H,17,22). The summed E-state index contributed by atoms with van der Waals surface area (Å²) in [4.78, 5) is 28.4. The molecule has 0 spiro atoms. The van der Waals surface area contributed by atoms with Gasteiger partial charge in [-0.25, -0.2) is 0 Å². The van der Waals surface area contributed by atoms with E-state index in [4.69, 9.17) is 28.0 Å². The molecule has 0 radical (unpaired) electrons. The topological polar surface area (TPSA) is 112 Å². The minimum absolute atomic E-state index is 0.139. The summed E-state index contributed by atoms with van der Waals surface area (Å²) in [5.41, 5.74) is 0.981. The van der Waals surface area contributed by atoms with Gasteiger partial charge in [0.15, 0.2) is 6.61 Å². The summed E-state index contributed by atoms with van der Waals surface area (Å²) in [7, 11) is 0. The summed E-state index contributed by atoms with van der Waals surface area (Å²) < 4.78 is 0. The van der Waals surface area contributed by atoms with E-state index in [1.807, 2.05) is 0 Å². The highest BCUT2D eigenvalue weighted by Crippen LogP contribution is 2.25. The second-order valence-corrected chi connectivity index (χ2v) is 5.66. The molecule has 1 aromatic heterocycles. The van der Waals surface area contributed by atoms with Gasteiger partial charge in [-0.05, 0) is 29.5 Å². The van der Waals surface area contributed by atoms with Gasteiger partial charge in [-0.15, -0.1) is 5.10 Å². The highest BCUT2D eigenvalue weighted by Gasteiger charge is 2.13. The van der Waals surface area contributed by atoms with Crippen LogP contribution in [-0.2, 0) is 4.79 Å². The predicted molar refractivity (Wildman–Crippen MR) is 90.7 cm³/mol. The zero-order chi connectivity index (χ0) is 18.0. The Bertz CT molecular complexity index is 975. The highest BCUT2D eigenvalue weighted by molar-refractivity contribution is 6.42. The van der Waals surface area contributed by atoms with Crippen LogP contribution < -0.4 is 10.2 Å². The molecule has 0 unspecified atom stereocenters. The highest BCUT2D eigenvalue weighted by atomic mass is 35.5. The Kier molecular flexibility index (Phi) is 4.68. The lowest BCUT2D eigenvalue weighted by Crippen LogP contribution is -2.26. The number of non-ortho nitro benzene ring substituents is 1. The summed E-state index contributed by atoms with van der Waals surface area (Å²) in [5, 5.41) is 21.6. The minimum Gasteiger partial charge on any atom is -0.385 e. The van der Waals surface area contributed by atoms with Gasteiger partial charge in [0, 0.05) is 17.8 Å². The molecule has 1 heterocycles. The minimum atomic E-state index is -0.548. The SMILES string of the molecule is O=C(COn1nnc2ccc([N+](=O)[O-])cc21)Nc1ccc(Cl)c(Cl)c1. The number of benzene rings is 2. The molecule has 128 valence electrons. The number of carbonyl (C=O) groups is 1. The van der Waals surface area contributed by atoms with Gasteiger partial charge >= 0.3 is 0 Å². The maximum atomic E-state index is 11.9. The van der Waals surface area contributed by atoms with Crippen molar-refractivity contribution in [2.45, 2.75) is 0 Å². The number of rotatable bonds is 5. The molecule has 3 aromatic rings. The number of anilines is 1. The number of hydrogen-bond donors (Lipinski definition) is 1. The van der Waals surface area contributed by atoms with Crippen molar-refractivity contribution in [3.8, 4) is 0 Å². The molecule has 0 aliphatic carbocycles. The molecule has 0 aliphatic heterocycles. The van der Waals surface area contributed by atoms with Crippen LogP contribution in [0.2, 0.25) is 10.0 Å². The second kappa shape index (κ2) is 6.91. The van der Waals surface area contributed by atoms with Crippen LogP contribution in [0.4, 0.5) is 11.4 Å². The molecule has 0 saturated heterocycles. The molecule has 0 saturated carbocycles. The van der Waals surface area contributed by atoms with Gasteiger partial charge in [0.25, 0.3) is 11.6 Å². The number of halogens is 2. The van der Waals surface area contributed by atoms with Crippen LogP contribution in [0.1, 0.15) is 0 Å². The van der Waals surface area contributed by atoms with E-state index in [0.717, 1.165) is 4.85 Å². The third kappa shape index (κ3) is 3.78. The number of fused-ring (bicyclic) bond motifs is 1. The van der Waals surface area contributed by atoms with Crippen LogP contribution in [0.5, 0.6) is 0 Å². The second-order valence-electron chi connectivity index (χ2n) is 4.84. The number of amides is 1. The average molecular weight is 382 g/mol. The van der Waals surface area contributed by atoms with E-state index >= 15 is 0 Å². The number of nitro benzene ring substituents is 1. The lowest BCUT2D eigenvalue weighted by atomic mass is 10.3. The molecule has 1 amide bonds. The number of nitrogens with one attached hydrogen (secondary N) is 1. The van der Waals surface area contributed by atoms with Crippen molar-refractivity contribution in [3.05, 3.63) is 56.6 Å². The average Bonchev–Trinajstić information content (AvgIpc) is 2.98. The number of nitro groups is 1. The first-order chi connectivity index (χ1) is 11.9. The quantitative estimate of drug-likeness (QED) is 0.536. The summed E-state index contributed by atoms with van der Waals surface area (Å²) in [6.45, 7) is -0.388. The van der Waals surface area contributed by atoms with E-state index in [2.05, 4.69) is 15.6 Å². The van der Waals surface area contributed by atoms with Gasteiger partial charge in [-0.3, -0.25) is 14.9 Å². The van der Waals surface area contributed by atoms with Gasteiger partial charge in [-0.2, -0.15) is 0 Å². The molecule has 25 heavy (non-hydrogen) atoms. The molecule has 9 nitrogen and oxygen atoms in total. The Balaban J connectivity index is 1.69. The van der Waals surface area contributed by atoms with Crippen molar-refractivity contribution in [1.29, 1.82) is 0 Å². The lowest BCUT2D eigenvalue weighted by molar-refractivity contribution is -0.384. The largest absolute Gasteiger partial charge is 0.385 e. The van der Waals surface area contributed by atoms with Crippen molar-refractivity contribution in [2.24, 2.45) is 0 Å². The Labute approximate surface area is 150 Å². The van der Waals surface area contributed by atoms with Crippen molar-refractivity contribution < 1.29 is 14.6 Å². The number of carbonyl (C=O) groups excluding carboxylic acids is 1. The maximum absolute atomic E-state index is 11.9. The normalized spacial score (nSPS) is 10.6. The third-order valence-corrected chi connectivity index (χ3v) is 3.87. The van der Waals surface area contributed by atoms with Gasteiger partial charge < -0.3 is 10.2 Å². The van der Waals surface area contributed by atoms with Crippen molar-refractivity contribution in [3.63, 3.8) is 0 Å². The van der Waals surface area contributed by atoms with Crippen molar-refractivity contribution in [1.82, 2.24) is 15.2 Å². The Hall–Kier alpha value is -2.91. The van der Waals surface area contributed by atoms with Crippen LogP contribution in [0.3, 0.4) is 0 Å². The van der Waals surface area contributed by atoms with Crippen LogP contribution in [0.15, 0.2) is 36.4 Å². The molecule has 11 heteroatoms. The maximum Gasteiger partial charge on any atom is 0.271 e. The Morgan fingerprint density at radius 3 is 2.76 bits per heavy atom. The van der Waals surface area contributed by atoms with Crippen LogP contribution in [-0.4, -0.2) is 32.6 Å². The van der Waals surface area contributed by atoms with Gasteiger partial charge in [0.05, 0.1) is 15.0 Å². The van der Waals surface area contributed by atoms with Crippen LogP contribution in [0, 0.1) is 10.1 Å². The van der Waals surface area contributed by atoms with E-state index < -0.39 is 10.8 Å². The molecule has 2 aromatic carbocycles. The molecule has 1 N–H and O–H groups in total. The lowest BCUT2D eigenvalue weighted by Gasteiger charge is -2.07. The van der Waals surface area contributed by atoms with Crippen LogP contribution in [0.25, 0.3) is 11.0 Å². The molecule has 0 bridgehead atoms. The fraction of sp³-hybridized carbons (Fsp3) is 0.0714. The number of hydrogen-bond acceptors (Lipinski definition) is 6. The smallest absolute Gasteiger partial charge is 0.271 e. The van der Waals surface area contributed by atoms with Gasteiger partial charge in [0.1, 0.15) is 11.0 Å².